The first-order chi connectivity index (χ1) is 10.2. The normalized spacial score (nSPS) is 13.0. The van der Waals surface area contributed by atoms with Gasteiger partial charge in [-0.2, -0.15) is 13.2 Å². The van der Waals surface area contributed by atoms with Crippen LogP contribution >= 0.6 is 11.3 Å². The molecule has 2 aromatic rings. The standard InChI is InChI=1S/C15H14F3NO2S/c1-2-10-3-5-11(6-4-10)7-8-12-9-19-13(22-12)14(20,21)15(16,17)18/h3-9,20-21H,2H2,1H3/b8-7+. The van der Waals surface area contributed by atoms with Crippen LogP contribution in [-0.4, -0.2) is 21.4 Å². The van der Waals surface area contributed by atoms with Crippen LogP contribution in [-0.2, 0) is 12.2 Å². The van der Waals surface area contributed by atoms with Crippen molar-refractivity contribution in [2.24, 2.45) is 0 Å². The van der Waals surface area contributed by atoms with Gasteiger partial charge in [0.2, 0.25) is 0 Å². The average molecular weight is 329 g/mol. The average Bonchev–Trinajstić information content (AvgIpc) is 2.94. The van der Waals surface area contributed by atoms with E-state index in [4.69, 9.17) is 10.2 Å². The summed E-state index contributed by atoms with van der Waals surface area (Å²) in [5.74, 6) is -3.92. The van der Waals surface area contributed by atoms with E-state index in [-0.39, 0.29) is 0 Å². The van der Waals surface area contributed by atoms with Crippen molar-refractivity contribution in [2.75, 3.05) is 0 Å². The van der Waals surface area contributed by atoms with Crippen LogP contribution in [0.4, 0.5) is 13.2 Å². The number of thiazole rings is 1. The van der Waals surface area contributed by atoms with Crippen molar-refractivity contribution in [3.05, 3.63) is 51.5 Å². The van der Waals surface area contributed by atoms with Crippen molar-refractivity contribution in [2.45, 2.75) is 25.3 Å². The van der Waals surface area contributed by atoms with E-state index in [0.717, 1.165) is 12.0 Å². The first kappa shape index (κ1) is 16.7. The lowest BCUT2D eigenvalue weighted by Gasteiger charge is -2.21. The molecule has 0 spiro atoms. The zero-order valence-corrected chi connectivity index (χ0v) is 12.4. The molecule has 0 aliphatic heterocycles. The number of rotatable bonds is 4. The maximum atomic E-state index is 12.5. The summed E-state index contributed by atoms with van der Waals surface area (Å²) >= 11 is 0.576. The van der Waals surface area contributed by atoms with Crippen LogP contribution < -0.4 is 0 Å². The third kappa shape index (κ3) is 3.55. The van der Waals surface area contributed by atoms with E-state index in [1.165, 1.54) is 11.8 Å². The minimum Gasteiger partial charge on any atom is -0.353 e. The highest BCUT2D eigenvalue weighted by atomic mass is 32.1. The van der Waals surface area contributed by atoms with Crippen molar-refractivity contribution >= 4 is 23.5 Å². The fourth-order valence-corrected chi connectivity index (χ4v) is 2.52. The summed E-state index contributed by atoms with van der Waals surface area (Å²) in [7, 11) is 0. The summed E-state index contributed by atoms with van der Waals surface area (Å²) in [6.45, 7) is 2.04. The molecule has 0 bridgehead atoms. The van der Waals surface area contributed by atoms with Crippen molar-refractivity contribution < 1.29 is 23.4 Å². The molecule has 1 aromatic heterocycles. The number of hydrogen-bond donors (Lipinski definition) is 2. The monoisotopic (exact) mass is 329 g/mol. The second-order valence-electron chi connectivity index (χ2n) is 4.67. The molecule has 22 heavy (non-hydrogen) atoms. The van der Waals surface area contributed by atoms with Gasteiger partial charge in [0.25, 0.3) is 0 Å². The summed E-state index contributed by atoms with van der Waals surface area (Å²) in [5, 5.41) is 17.5. The molecule has 118 valence electrons. The molecule has 0 saturated carbocycles. The van der Waals surface area contributed by atoms with Gasteiger partial charge in [0.05, 0.1) is 0 Å². The smallest absolute Gasteiger partial charge is 0.353 e. The Bertz CT molecular complexity index is 660. The summed E-state index contributed by atoms with van der Waals surface area (Å²) in [4.78, 5) is 3.84. The van der Waals surface area contributed by atoms with Crippen LogP contribution in [0.2, 0.25) is 0 Å². The van der Waals surface area contributed by atoms with Gasteiger partial charge in [0.15, 0.2) is 5.01 Å². The minimum absolute atomic E-state index is 0.395. The van der Waals surface area contributed by atoms with Gasteiger partial charge in [-0.25, -0.2) is 4.98 Å². The molecule has 0 aliphatic rings. The molecule has 2 N–H and O–H groups in total. The minimum atomic E-state index is -5.19. The van der Waals surface area contributed by atoms with Gasteiger partial charge >= 0.3 is 12.0 Å². The van der Waals surface area contributed by atoms with Crippen LogP contribution in [0.1, 0.15) is 27.9 Å². The Hall–Kier alpha value is -1.70. The lowest BCUT2D eigenvalue weighted by Crippen LogP contribution is -2.41. The van der Waals surface area contributed by atoms with E-state index < -0.39 is 17.0 Å². The molecule has 0 atom stereocenters. The number of nitrogens with zero attached hydrogens (tertiary/aromatic N) is 1. The number of alkyl halides is 3. The van der Waals surface area contributed by atoms with Crippen molar-refractivity contribution in [3.8, 4) is 0 Å². The Morgan fingerprint density at radius 1 is 1.14 bits per heavy atom. The Balaban J connectivity index is 2.16. The van der Waals surface area contributed by atoms with E-state index in [0.29, 0.717) is 16.2 Å². The molecule has 1 aromatic carbocycles. The van der Waals surface area contributed by atoms with Gasteiger partial charge in [-0.1, -0.05) is 37.3 Å². The molecule has 1 heterocycles. The zero-order chi connectivity index (χ0) is 16.4. The molecule has 0 fully saturated rings. The predicted molar refractivity (Wildman–Crippen MR) is 79.0 cm³/mol. The molecule has 0 amide bonds. The third-order valence-electron chi connectivity index (χ3n) is 3.05. The molecular formula is C15H14F3NO2S. The number of aromatic nitrogens is 1. The van der Waals surface area contributed by atoms with Gasteiger partial charge < -0.3 is 10.2 Å². The molecule has 0 unspecified atom stereocenters. The SMILES string of the molecule is CCc1ccc(/C=C/c2cnc(C(O)(O)C(F)(F)F)s2)cc1. The number of aryl methyl sites for hydroxylation is 1. The molecular weight excluding hydrogens is 315 g/mol. The van der Waals surface area contributed by atoms with Crippen LogP contribution in [0.5, 0.6) is 0 Å². The molecule has 0 aliphatic carbocycles. The third-order valence-corrected chi connectivity index (χ3v) is 4.11. The number of hydrogen-bond acceptors (Lipinski definition) is 4. The Morgan fingerprint density at radius 2 is 1.77 bits per heavy atom. The van der Waals surface area contributed by atoms with E-state index >= 15 is 0 Å². The van der Waals surface area contributed by atoms with E-state index in [1.807, 2.05) is 31.2 Å². The Kier molecular flexibility index (Phi) is 4.69. The van der Waals surface area contributed by atoms with Crippen LogP contribution in [0.3, 0.4) is 0 Å². The topological polar surface area (TPSA) is 53.4 Å². The van der Waals surface area contributed by atoms with E-state index in [9.17, 15) is 13.2 Å². The summed E-state index contributed by atoms with van der Waals surface area (Å²) in [6.07, 6.45) is 0.204. The van der Waals surface area contributed by atoms with Gasteiger partial charge in [-0.05, 0) is 23.6 Å². The van der Waals surface area contributed by atoms with Gasteiger partial charge in [0, 0.05) is 11.1 Å². The maximum absolute atomic E-state index is 12.5. The zero-order valence-electron chi connectivity index (χ0n) is 11.6. The van der Waals surface area contributed by atoms with Crippen molar-refractivity contribution in [1.82, 2.24) is 4.98 Å². The first-order valence-corrected chi connectivity index (χ1v) is 7.30. The second kappa shape index (κ2) is 6.20. The maximum Gasteiger partial charge on any atom is 0.450 e. The number of aliphatic hydroxyl groups is 2. The van der Waals surface area contributed by atoms with Crippen LogP contribution in [0.15, 0.2) is 30.5 Å². The van der Waals surface area contributed by atoms with Gasteiger partial charge in [-0.3, -0.25) is 0 Å². The highest BCUT2D eigenvalue weighted by Gasteiger charge is 2.56. The molecule has 0 saturated heterocycles. The van der Waals surface area contributed by atoms with Crippen LogP contribution in [0, 0.1) is 0 Å². The Labute approximate surface area is 129 Å². The fraction of sp³-hybridized carbons (Fsp3) is 0.267. The quantitative estimate of drug-likeness (QED) is 0.843. The molecule has 0 radical (unpaired) electrons. The van der Waals surface area contributed by atoms with E-state index in [1.54, 1.807) is 12.2 Å². The van der Waals surface area contributed by atoms with E-state index in [2.05, 4.69) is 4.98 Å². The number of halogens is 3. The largest absolute Gasteiger partial charge is 0.450 e. The predicted octanol–water partition coefficient (Wildman–Crippen LogP) is 3.58. The highest BCUT2D eigenvalue weighted by Crippen LogP contribution is 2.38. The molecule has 2 rings (SSSR count). The lowest BCUT2D eigenvalue weighted by atomic mass is 10.1. The van der Waals surface area contributed by atoms with Crippen molar-refractivity contribution in [1.29, 1.82) is 0 Å². The molecule has 3 nitrogen and oxygen atoms in total. The Morgan fingerprint density at radius 3 is 2.32 bits per heavy atom. The van der Waals surface area contributed by atoms with Gasteiger partial charge in [0.1, 0.15) is 0 Å². The first-order valence-electron chi connectivity index (χ1n) is 6.49. The fourth-order valence-electron chi connectivity index (χ4n) is 1.69. The summed E-state index contributed by atoms with van der Waals surface area (Å²) < 4.78 is 37.5. The lowest BCUT2D eigenvalue weighted by molar-refractivity contribution is -0.358. The summed E-state index contributed by atoms with van der Waals surface area (Å²) in [6, 6.07) is 7.73. The highest BCUT2D eigenvalue weighted by molar-refractivity contribution is 7.12. The van der Waals surface area contributed by atoms with Crippen molar-refractivity contribution in [3.63, 3.8) is 0 Å². The second-order valence-corrected chi connectivity index (χ2v) is 5.73. The molecule has 7 heteroatoms. The number of benzene rings is 1. The van der Waals surface area contributed by atoms with Gasteiger partial charge in [-0.15, -0.1) is 11.3 Å². The van der Waals surface area contributed by atoms with Crippen LogP contribution in [0.25, 0.3) is 12.2 Å². The summed E-state index contributed by atoms with van der Waals surface area (Å²) in [5.41, 5.74) is 2.08.